The van der Waals surface area contributed by atoms with E-state index < -0.39 is 0 Å². The van der Waals surface area contributed by atoms with E-state index >= 15 is 0 Å². The van der Waals surface area contributed by atoms with Crippen molar-refractivity contribution in [3.63, 3.8) is 0 Å². The van der Waals surface area contributed by atoms with Crippen LogP contribution in [0.2, 0.25) is 0 Å². The van der Waals surface area contributed by atoms with Gasteiger partial charge in [-0.2, -0.15) is 0 Å². The van der Waals surface area contributed by atoms with E-state index in [4.69, 9.17) is 5.73 Å². The van der Waals surface area contributed by atoms with Gasteiger partial charge in [-0.25, -0.2) is 0 Å². The van der Waals surface area contributed by atoms with Crippen molar-refractivity contribution < 1.29 is 0 Å². The number of nitrogens with two attached hydrogens (primary N) is 1. The van der Waals surface area contributed by atoms with Crippen LogP contribution in [-0.2, 0) is 6.54 Å². The summed E-state index contributed by atoms with van der Waals surface area (Å²) < 4.78 is 1.20. The van der Waals surface area contributed by atoms with Gasteiger partial charge in [0.05, 0.1) is 0 Å². The van der Waals surface area contributed by atoms with Crippen LogP contribution in [0.15, 0.2) is 28.7 Å². The van der Waals surface area contributed by atoms with E-state index in [0.29, 0.717) is 0 Å². The van der Waals surface area contributed by atoms with E-state index in [2.05, 4.69) is 59.1 Å². The summed E-state index contributed by atoms with van der Waals surface area (Å²) in [4.78, 5) is 2.51. The lowest BCUT2D eigenvalue weighted by atomic mass is 9.87. The molecule has 1 aliphatic rings. The summed E-state index contributed by atoms with van der Waals surface area (Å²) >= 11 is 3.67. The molecule has 2 atom stereocenters. The van der Waals surface area contributed by atoms with Crippen LogP contribution < -0.4 is 5.73 Å². The number of hydrogen-bond acceptors (Lipinski definition) is 2. The Morgan fingerprint density at radius 1 is 1.29 bits per heavy atom. The maximum absolute atomic E-state index is 6.23. The molecule has 0 amide bonds. The Bertz CT molecular complexity index is 449. The van der Waals surface area contributed by atoms with Crippen molar-refractivity contribution in [2.75, 3.05) is 13.6 Å². The normalized spacial score (nSPS) is 26.8. The van der Waals surface area contributed by atoms with Gasteiger partial charge in [-0.3, -0.25) is 4.90 Å². The van der Waals surface area contributed by atoms with Crippen LogP contribution in [0.4, 0.5) is 0 Å². The molecule has 1 fully saturated rings. The molecule has 118 valence electrons. The summed E-state index contributed by atoms with van der Waals surface area (Å²) in [6, 6.07) is 8.52. The number of likely N-dealkylation sites (N-methyl/N-ethyl adjacent to an activating group) is 1. The van der Waals surface area contributed by atoms with Gasteiger partial charge in [-0.05, 0) is 43.9 Å². The maximum atomic E-state index is 6.23. The number of rotatable bonds is 5. The van der Waals surface area contributed by atoms with Crippen LogP contribution in [0.1, 0.15) is 51.0 Å². The van der Waals surface area contributed by atoms with Crippen LogP contribution in [0, 0.1) is 5.92 Å². The fraction of sp³-hybridized carbons (Fsp3) is 0.667. The van der Waals surface area contributed by atoms with E-state index in [1.165, 1.54) is 48.6 Å². The topological polar surface area (TPSA) is 29.3 Å². The maximum Gasteiger partial charge on any atom is 0.0332 e. The number of hydrogen-bond donors (Lipinski definition) is 1. The Balaban J connectivity index is 2.10. The third kappa shape index (κ3) is 4.08. The van der Waals surface area contributed by atoms with Gasteiger partial charge in [-0.1, -0.05) is 60.3 Å². The fourth-order valence-electron chi connectivity index (χ4n) is 3.66. The molecule has 1 aromatic rings. The van der Waals surface area contributed by atoms with Gasteiger partial charge >= 0.3 is 0 Å². The third-order valence-corrected chi connectivity index (χ3v) is 6.18. The summed E-state index contributed by atoms with van der Waals surface area (Å²) in [6.07, 6.45) is 7.81. The molecular formula is C18H29BrN2. The summed E-state index contributed by atoms with van der Waals surface area (Å²) in [5.74, 6) is 0.898. The van der Waals surface area contributed by atoms with Crippen molar-refractivity contribution in [2.24, 2.45) is 11.7 Å². The first-order chi connectivity index (χ1) is 10.1. The molecule has 2 N–H and O–H groups in total. The van der Waals surface area contributed by atoms with Crippen molar-refractivity contribution in [3.8, 4) is 0 Å². The first kappa shape index (κ1) is 17.0. The van der Waals surface area contributed by atoms with Crippen molar-refractivity contribution in [1.29, 1.82) is 0 Å². The van der Waals surface area contributed by atoms with Crippen molar-refractivity contribution in [1.82, 2.24) is 4.90 Å². The highest BCUT2D eigenvalue weighted by atomic mass is 79.9. The standard InChI is InChI=1S/C18H29BrN2/c1-3-15-7-6-11-18(14-20,12-10-15)21(2)13-16-8-4-5-9-17(16)19/h4-5,8-9,15H,3,6-7,10-14,20H2,1-2H3. The quantitative estimate of drug-likeness (QED) is 0.786. The molecule has 0 spiro atoms. The molecule has 2 rings (SSSR count). The van der Waals surface area contributed by atoms with E-state index in [9.17, 15) is 0 Å². The fourth-order valence-corrected chi connectivity index (χ4v) is 4.07. The number of halogens is 1. The van der Waals surface area contributed by atoms with Gasteiger partial charge in [0.2, 0.25) is 0 Å². The zero-order valence-corrected chi connectivity index (χ0v) is 15.0. The Labute approximate surface area is 138 Å². The highest BCUT2D eigenvalue weighted by Crippen LogP contribution is 2.36. The van der Waals surface area contributed by atoms with Crippen LogP contribution in [0.3, 0.4) is 0 Å². The molecule has 0 heterocycles. The molecule has 2 unspecified atom stereocenters. The number of nitrogens with zero attached hydrogens (tertiary/aromatic N) is 1. The molecular weight excluding hydrogens is 324 g/mol. The van der Waals surface area contributed by atoms with Crippen LogP contribution in [-0.4, -0.2) is 24.0 Å². The third-order valence-electron chi connectivity index (χ3n) is 5.40. The summed E-state index contributed by atoms with van der Waals surface area (Å²) in [5.41, 5.74) is 7.76. The molecule has 1 aromatic carbocycles. The van der Waals surface area contributed by atoms with Gasteiger partial charge in [0.25, 0.3) is 0 Å². The van der Waals surface area contributed by atoms with Crippen LogP contribution in [0.5, 0.6) is 0 Å². The zero-order chi connectivity index (χ0) is 15.3. The van der Waals surface area contributed by atoms with E-state index in [1.807, 2.05) is 0 Å². The van der Waals surface area contributed by atoms with Gasteiger partial charge in [-0.15, -0.1) is 0 Å². The molecule has 0 aromatic heterocycles. The van der Waals surface area contributed by atoms with Crippen molar-refractivity contribution >= 4 is 15.9 Å². The van der Waals surface area contributed by atoms with Crippen molar-refractivity contribution in [2.45, 2.75) is 57.5 Å². The predicted molar refractivity (Wildman–Crippen MR) is 94.3 cm³/mol. The van der Waals surface area contributed by atoms with Gasteiger partial charge in [0.15, 0.2) is 0 Å². The molecule has 0 aliphatic heterocycles. The lowest BCUT2D eigenvalue weighted by molar-refractivity contribution is 0.0981. The minimum atomic E-state index is 0.180. The van der Waals surface area contributed by atoms with E-state index in [1.54, 1.807) is 0 Å². The number of benzene rings is 1. The molecule has 1 aliphatic carbocycles. The Morgan fingerprint density at radius 2 is 2.05 bits per heavy atom. The lowest BCUT2D eigenvalue weighted by Crippen LogP contribution is -2.51. The predicted octanol–water partition coefficient (Wildman–Crippen LogP) is 4.57. The summed E-state index contributed by atoms with van der Waals surface area (Å²) in [6.45, 7) is 4.06. The minimum Gasteiger partial charge on any atom is -0.329 e. The van der Waals surface area contributed by atoms with Crippen LogP contribution in [0.25, 0.3) is 0 Å². The largest absolute Gasteiger partial charge is 0.329 e. The van der Waals surface area contributed by atoms with Gasteiger partial charge < -0.3 is 5.73 Å². The Kier molecular flexibility index (Phi) is 6.27. The second-order valence-corrected chi connectivity index (χ2v) is 7.44. The highest BCUT2D eigenvalue weighted by molar-refractivity contribution is 9.10. The zero-order valence-electron chi connectivity index (χ0n) is 13.4. The molecule has 21 heavy (non-hydrogen) atoms. The average molecular weight is 353 g/mol. The van der Waals surface area contributed by atoms with Gasteiger partial charge in [0, 0.05) is 23.1 Å². The van der Waals surface area contributed by atoms with Gasteiger partial charge in [0.1, 0.15) is 0 Å². The molecule has 1 saturated carbocycles. The SMILES string of the molecule is CCC1CCCC(CN)(N(C)Cc2ccccc2Br)CC1. The molecule has 0 saturated heterocycles. The Hall–Kier alpha value is -0.380. The molecule has 2 nitrogen and oxygen atoms in total. The summed E-state index contributed by atoms with van der Waals surface area (Å²) in [7, 11) is 2.25. The monoisotopic (exact) mass is 352 g/mol. The Morgan fingerprint density at radius 3 is 2.71 bits per heavy atom. The first-order valence-electron chi connectivity index (χ1n) is 8.26. The summed E-state index contributed by atoms with van der Waals surface area (Å²) in [5, 5.41) is 0. The van der Waals surface area contributed by atoms with E-state index in [0.717, 1.165) is 19.0 Å². The first-order valence-corrected chi connectivity index (χ1v) is 9.05. The molecule has 0 radical (unpaired) electrons. The second kappa shape index (κ2) is 7.75. The average Bonchev–Trinajstić information content (AvgIpc) is 2.72. The van der Waals surface area contributed by atoms with Crippen molar-refractivity contribution in [3.05, 3.63) is 34.3 Å². The molecule has 3 heteroatoms. The smallest absolute Gasteiger partial charge is 0.0332 e. The minimum absolute atomic E-state index is 0.180. The lowest BCUT2D eigenvalue weighted by Gasteiger charge is -2.41. The molecule has 0 bridgehead atoms. The highest BCUT2D eigenvalue weighted by Gasteiger charge is 2.35. The van der Waals surface area contributed by atoms with E-state index in [-0.39, 0.29) is 5.54 Å². The van der Waals surface area contributed by atoms with Crippen LogP contribution >= 0.6 is 15.9 Å². The second-order valence-electron chi connectivity index (χ2n) is 6.58.